The van der Waals surface area contributed by atoms with Crippen molar-refractivity contribution >= 4 is 11.6 Å². The van der Waals surface area contributed by atoms with Crippen LogP contribution in [0.25, 0.3) is 0 Å². The van der Waals surface area contributed by atoms with Crippen molar-refractivity contribution in [2.45, 2.75) is 26.8 Å². The summed E-state index contributed by atoms with van der Waals surface area (Å²) in [6.07, 6.45) is 1.15. The number of benzene rings is 1. The Morgan fingerprint density at radius 3 is 3.00 bits per heavy atom. The predicted octanol–water partition coefficient (Wildman–Crippen LogP) is 3.71. The lowest BCUT2D eigenvalue weighted by atomic mass is 10.2. The maximum atomic E-state index is 5.63. The number of rotatable bonds is 7. The highest BCUT2D eigenvalue weighted by Gasteiger charge is 1.97. The summed E-state index contributed by atoms with van der Waals surface area (Å²) in [4.78, 5) is 0. The lowest BCUT2D eigenvalue weighted by Crippen LogP contribution is -2.13. The van der Waals surface area contributed by atoms with Crippen LogP contribution in [0.5, 0.6) is 5.75 Å². The van der Waals surface area contributed by atoms with Crippen molar-refractivity contribution in [3.8, 4) is 5.75 Å². The number of nitrogens with one attached hydrogen (secondary N) is 1. The first-order chi connectivity index (χ1) is 8.26. The molecular formula is C14H20ClNO. The van der Waals surface area contributed by atoms with E-state index in [0.717, 1.165) is 30.8 Å². The van der Waals surface area contributed by atoms with Gasteiger partial charge in [0.05, 0.1) is 0 Å². The molecule has 0 bridgehead atoms. The molecule has 0 aliphatic rings. The van der Waals surface area contributed by atoms with Gasteiger partial charge in [0.2, 0.25) is 0 Å². The molecule has 2 nitrogen and oxygen atoms in total. The second kappa shape index (κ2) is 8.15. The molecule has 0 heterocycles. The SMILES string of the molecule is CCCNCc1cccc(OC/C(C)=C/Cl)c1. The van der Waals surface area contributed by atoms with E-state index in [2.05, 4.69) is 24.4 Å². The van der Waals surface area contributed by atoms with Gasteiger partial charge >= 0.3 is 0 Å². The smallest absolute Gasteiger partial charge is 0.120 e. The van der Waals surface area contributed by atoms with Gasteiger partial charge in [0.15, 0.2) is 0 Å². The van der Waals surface area contributed by atoms with Gasteiger partial charge < -0.3 is 10.1 Å². The van der Waals surface area contributed by atoms with Crippen molar-refractivity contribution in [2.75, 3.05) is 13.2 Å². The van der Waals surface area contributed by atoms with Crippen LogP contribution in [0.15, 0.2) is 35.4 Å². The van der Waals surface area contributed by atoms with E-state index in [1.54, 1.807) is 5.54 Å². The van der Waals surface area contributed by atoms with Gasteiger partial charge in [-0.05, 0) is 43.2 Å². The average molecular weight is 254 g/mol. The molecule has 0 aliphatic carbocycles. The molecule has 0 unspecified atom stereocenters. The third kappa shape index (κ3) is 5.76. The Morgan fingerprint density at radius 1 is 1.47 bits per heavy atom. The van der Waals surface area contributed by atoms with E-state index >= 15 is 0 Å². The van der Waals surface area contributed by atoms with Crippen LogP contribution in [0.4, 0.5) is 0 Å². The van der Waals surface area contributed by atoms with Gasteiger partial charge in [0.1, 0.15) is 12.4 Å². The Labute approximate surface area is 109 Å². The molecule has 1 aromatic carbocycles. The van der Waals surface area contributed by atoms with E-state index in [4.69, 9.17) is 16.3 Å². The molecule has 0 saturated carbocycles. The Kier molecular flexibility index (Phi) is 6.75. The van der Waals surface area contributed by atoms with Crippen molar-refractivity contribution < 1.29 is 4.74 Å². The van der Waals surface area contributed by atoms with E-state index in [1.165, 1.54) is 5.56 Å². The van der Waals surface area contributed by atoms with Crippen LogP contribution in [0.1, 0.15) is 25.8 Å². The summed E-state index contributed by atoms with van der Waals surface area (Å²) < 4.78 is 5.63. The minimum atomic E-state index is 0.537. The van der Waals surface area contributed by atoms with Gasteiger partial charge in [0.25, 0.3) is 0 Å². The van der Waals surface area contributed by atoms with Gasteiger partial charge in [-0.15, -0.1) is 0 Å². The maximum absolute atomic E-state index is 5.63. The molecule has 0 spiro atoms. The van der Waals surface area contributed by atoms with E-state index in [0.29, 0.717) is 6.61 Å². The summed E-state index contributed by atoms with van der Waals surface area (Å²) in [5.74, 6) is 0.888. The van der Waals surface area contributed by atoms with Crippen molar-refractivity contribution in [1.82, 2.24) is 5.32 Å². The number of hydrogen-bond acceptors (Lipinski definition) is 2. The molecule has 0 aromatic heterocycles. The van der Waals surface area contributed by atoms with E-state index in [1.807, 2.05) is 19.1 Å². The van der Waals surface area contributed by atoms with Gasteiger partial charge in [-0.25, -0.2) is 0 Å². The molecule has 0 radical (unpaired) electrons. The van der Waals surface area contributed by atoms with Crippen LogP contribution in [-0.2, 0) is 6.54 Å². The second-order valence-corrected chi connectivity index (χ2v) is 4.29. The number of ether oxygens (including phenoxy) is 1. The standard InChI is InChI=1S/C14H20ClNO/c1-3-7-16-10-13-5-4-6-14(8-13)17-11-12(2)9-15/h4-6,8-9,16H,3,7,10-11H2,1-2H3/b12-9+. The third-order valence-electron chi connectivity index (χ3n) is 2.31. The molecule has 1 rings (SSSR count). The molecule has 94 valence electrons. The molecule has 0 aliphatic heterocycles. The van der Waals surface area contributed by atoms with Crippen molar-refractivity contribution in [3.05, 3.63) is 40.9 Å². The summed E-state index contributed by atoms with van der Waals surface area (Å²) in [5.41, 5.74) is 3.80. The molecule has 1 N–H and O–H groups in total. The molecule has 0 fully saturated rings. The zero-order valence-electron chi connectivity index (χ0n) is 10.5. The van der Waals surface area contributed by atoms with Gasteiger partial charge in [-0.3, -0.25) is 0 Å². The largest absolute Gasteiger partial charge is 0.489 e. The van der Waals surface area contributed by atoms with Crippen LogP contribution < -0.4 is 10.1 Å². The van der Waals surface area contributed by atoms with E-state index in [9.17, 15) is 0 Å². The lowest BCUT2D eigenvalue weighted by Gasteiger charge is -2.08. The Hall–Kier alpha value is -0.990. The second-order valence-electron chi connectivity index (χ2n) is 4.07. The van der Waals surface area contributed by atoms with Crippen LogP contribution in [0.2, 0.25) is 0 Å². The summed E-state index contributed by atoms with van der Waals surface area (Å²) in [5, 5.41) is 3.37. The summed E-state index contributed by atoms with van der Waals surface area (Å²) in [6.45, 7) is 6.57. The zero-order chi connectivity index (χ0) is 12.5. The zero-order valence-corrected chi connectivity index (χ0v) is 11.3. The molecule has 3 heteroatoms. The Morgan fingerprint density at radius 2 is 2.29 bits per heavy atom. The van der Waals surface area contributed by atoms with Crippen molar-refractivity contribution in [2.24, 2.45) is 0 Å². The fraction of sp³-hybridized carbons (Fsp3) is 0.429. The van der Waals surface area contributed by atoms with Gasteiger partial charge in [0, 0.05) is 12.1 Å². The number of hydrogen-bond donors (Lipinski definition) is 1. The highest BCUT2D eigenvalue weighted by molar-refractivity contribution is 6.25. The molecule has 17 heavy (non-hydrogen) atoms. The number of halogens is 1. The third-order valence-corrected chi connectivity index (χ3v) is 2.68. The minimum absolute atomic E-state index is 0.537. The first-order valence-electron chi connectivity index (χ1n) is 5.94. The van der Waals surface area contributed by atoms with Crippen LogP contribution >= 0.6 is 11.6 Å². The Bertz CT molecular complexity index is 363. The summed E-state index contributed by atoms with van der Waals surface area (Å²) >= 11 is 5.58. The van der Waals surface area contributed by atoms with E-state index in [-0.39, 0.29) is 0 Å². The minimum Gasteiger partial charge on any atom is -0.489 e. The summed E-state index contributed by atoms with van der Waals surface area (Å²) in [7, 11) is 0. The van der Waals surface area contributed by atoms with Gasteiger partial charge in [-0.2, -0.15) is 0 Å². The Balaban J connectivity index is 2.47. The van der Waals surface area contributed by atoms with Crippen LogP contribution in [0, 0.1) is 0 Å². The first kappa shape index (κ1) is 14.1. The van der Waals surface area contributed by atoms with Crippen molar-refractivity contribution in [3.63, 3.8) is 0 Å². The van der Waals surface area contributed by atoms with Crippen LogP contribution in [-0.4, -0.2) is 13.2 Å². The normalized spacial score (nSPS) is 11.6. The first-order valence-corrected chi connectivity index (χ1v) is 6.38. The topological polar surface area (TPSA) is 21.3 Å². The van der Waals surface area contributed by atoms with Gasteiger partial charge in [-0.1, -0.05) is 30.7 Å². The molecule has 0 saturated heterocycles. The quantitative estimate of drug-likeness (QED) is 0.748. The fourth-order valence-corrected chi connectivity index (χ4v) is 1.45. The highest BCUT2D eigenvalue weighted by atomic mass is 35.5. The fourth-order valence-electron chi connectivity index (χ4n) is 1.38. The molecule has 0 atom stereocenters. The average Bonchev–Trinajstić information content (AvgIpc) is 2.37. The molecule has 1 aromatic rings. The van der Waals surface area contributed by atoms with E-state index < -0.39 is 0 Å². The molecular weight excluding hydrogens is 234 g/mol. The maximum Gasteiger partial charge on any atom is 0.120 e. The van der Waals surface area contributed by atoms with Crippen LogP contribution in [0.3, 0.4) is 0 Å². The molecule has 0 amide bonds. The van der Waals surface area contributed by atoms with Crippen molar-refractivity contribution in [1.29, 1.82) is 0 Å². The monoisotopic (exact) mass is 253 g/mol. The predicted molar refractivity (Wildman–Crippen MR) is 73.5 cm³/mol. The lowest BCUT2D eigenvalue weighted by molar-refractivity contribution is 0.352. The highest BCUT2D eigenvalue weighted by Crippen LogP contribution is 2.14. The summed E-state index contributed by atoms with van der Waals surface area (Å²) in [6, 6.07) is 8.13.